The SMILES string of the molecule is O=C1Nc2cc(Br)c(F)cc2NC12CCOCC2. The van der Waals surface area contributed by atoms with Crippen LogP contribution < -0.4 is 10.6 Å². The third-order valence-electron chi connectivity index (χ3n) is 3.46. The molecular weight excluding hydrogens is 303 g/mol. The second-order valence-corrected chi connectivity index (χ2v) is 5.44. The number of halogens is 2. The molecule has 3 rings (SSSR count). The number of hydrogen-bond donors (Lipinski definition) is 2. The second-order valence-electron chi connectivity index (χ2n) is 4.59. The summed E-state index contributed by atoms with van der Waals surface area (Å²) in [5.74, 6) is -0.420. The maximum Gasteiger partial charge on any atom is 0.250 e. The Morgan fingerprint density at radius 2 is 2.00 bits per heavy atom. The van der Waals surface area contributed by atoms with Crippen LogP contribution in [0.3, 0.4) is 0 Å². The average molecular weight is 315 g/mol. The van der Waals surface area contributed by atoms with Gasteiger partial charge >= 0.3 is 0 Å². The first-order chi connectivity index (χ1) is 8.61. The highest BCUT2D eigenvalue weighted by atomic mass is 79.9. The van der Waals surface area contributed by atoms with E-state index in [1.54, 1.807) is 6.07 Å². The maximum atomic E-state index is 13.5. The van der Waals surface area contributed by atoms with Crippen molar-refractivity contribution in [3.05, 3.63) is 22.4 Å². The summed E-state index contributed by atoms with van der Waals surface area (Å²) in [5, 5.41) is 6.01. The fourth-order valence-electron chi connectivity index (χ4n) is 2.38. The van der Waals surface area contributed by atoms with Crippen LogP contribution in [0.4, 0.5) is 15.8 Å². The molecule has 2 aliphatic heterocycles. The molecule has 0 saturated carbocycles. The molecule has 0 radical (unpaired) electrons. The van der Waals surface area contributed by atoms with Crippen molar-refractivity contribution in [2.24, 2.45) is 0 Å². The molecule has 1 spiro atoms. The lowest BCUT2D eigenvalue weighted by Crippen LogP contribution is -2.55. The number of fused-ring (bicyclic) bond motifs is 1. The van der Waals surface area contributed by atoms with Crippen LogP contribution in [0.1, 0.15) is 12.8 Å². The highest BCUT2D eigenvalue weighted by Crippen LogP contribution is 2.38. The Morgan fingerprint density at radius 3 is 2.72 bits per heavy atom. The number of hydrogen-bond acceptors (Lipinski definition) is 3. The Bertz CT molecular complexity index is 515. The van der Waals surface area contributed by atoms with Gasteiger partial charge in [0, 0.05) is 32.1 Å². The van der Waals surface area contributed by atoms with E-state index in [0.29, 0.717) is 41.9 Å². The monoisotopic (exact) mass is 314 g/mol. The second kappa shape index (κ2) is 4.20. The third kappa shape index (κ3) is 1.80. The Morgan fingerprint density at radius 1 is 1.28 bits per heavy atom. The van der Waals surface area contributed by atoms with Gasteiger partial charge in [0.1, 0.15) is 11.4 Å². The highest BCUT2D eigenvalue weighted by molar-refractivity contribution is 9.10. The molecule has 96 valence electrons. The largest absolute Gasteiger partial charge is 0.381 e. The number of anilines is 2. The van der Waals surface area contributed by atoms with E-state index in [0.717, 1.165) is 0 Å². The number of ether oxygens (including phenoxy) is 1. The standard InChI is InChI=1S/C12H12BrFN2O2/c13-7-5-9-10(6-8(7)14)16-12(11(17)15-9)1-3-18-4-2-12/h5-6,16H,1-4H2,(H,15,17). The summed E-state index contributed by atoms with van der Waals surface area (Å²) in [7, 11) is 0. The zero-order chi connectivity index (χ0) is 12.8. The summed E-state index contributed by atoms with van der Waals surface area (Å²) < 4.78 is 19.1. The number of benzene rings is 1. The van der Waals surface area contributed by atoms with Gasteiger partial charge in [0.05, 0.1) is 15.8 Å². The fraction of sp³-hybridized carbons (Fsp3) is 0.417. The van der Waals surface area contributed by atoms with E-state index in [9.17, 15) is 9.18 Å². The molecule has 0 atom stereocenters. The molecule has 1 saturated heterocycles. The lowest BCUT2D eigenvalue weighted by atomic mass is 9.86. The van der Waals surface area contributed by atoms with Crippen molar-refractivity contribution in [1.82, 2.24) is 0 Å². The summed E-state index contributed by atoms with van der Waals surface area (Å²) in [5.41, 5.74) is 0.563. The van der Waals surface area contributed by atoms with Crippen LogP contribution in [-0.4, -0.2) is 24.7 Å². The highest BCUT2D eigenvalue weighted by Gasteiger charge is 2.43. The average Bonchev–Trinajstić information content (AvgIpc) is 2.35. The van der Waals surface area contributed by atoms with Gasteiger partial charge < -0.3 is 15.4 Å². The molecule has 1 amide bonds. The van der Waals surface area contributed by atoms with Gasteiger partial charge in [-0.2, -0.15) is 0 Å². The summed E-state index contributed by atoms with van der Waals surface area (Å²) in [6, 6.07) is 2.97. The normalized spacial score (nSPS) is 21.1. The van der Waals surface area contributed by atoms with Crippen LogP contribution in [0.5, 0.6) is 0 Å². The van der Waals surface area contributed by atoms with Gasteiger partial charge in [-0.05, 0) is 22.0 Å². The van der Waals surface area contributed by atoms with E-state index in [1.165, 1.54) is 6.07 Å². The van der Waals surface area contributed by atoms with Crippen LogP contribution in [0.25, 0.3) is 0 Å². The zero-order valence-corrected chi connectivity index (χ0v) is 11.1. The Kier molecular flexibility index (Phi) is 2.79. The molecule has 6 heteroatoms. The first-order valence-corrected chi connectivity index (χ1v) is 6.56. The molecule has 2 heterocycles. The first kappa shape index (κ1) is 11.9. The topological polar surface area (TPSA) is 50.4 Å². The predicted octanol–water partition coefficient (Wildman–Crippen LogP) is 2.50. The molecule has 2 aliphatic rings. The molecule has 0 aliphatic carbocycles. The number of amides is 1. The van der Waals surface area contributed by atoms with Gasteiger partial charge in [-0.15, -0.1) is 0 Å². The summed E-state index contributed by atoms with van der Waals surface area (Å²) >= 11 is 3.11. The van der Waals surface area contributed by atoms with Crippen molar-refractivity contribution < 1.29 is 13.9 Å². The third-order valence-corrected chi connectivity index (χ3v) is 4.07. The van der Waals surface area contributed by atoms with Gasteiger partial charge in [0.25, 0.3) is 0 Å². The smallest absolute Gasteiger partial charge is 0.250 e. The number of rotatable bonds is 0. The van der Waals surface area contributed by atoms with E-state index in [1.807, 2.05) is 0 Å². The van der Waals surface area contributed by atoms with Crippen LogP contribution in [-0.2, 0) is 9.53 Å². The zero-order valence-electron chi connectivity index (χ0n) is 9.56. The van der Waals surface area contributed by atoms with Crippen LogP contribution >= 0.6 is 15.9 Å². The van der Waals surface area contributed by atoms with Crippen molar-refractivity contribution >= 4 is 33.2 Å². The quantitative estimate of drug-likeness (QED) is 0.773. The van der Waals surface area contributed by atoms with E-state index in [-0.39, 0.29) is 11.7 Å². The molecule has 4 nitrogen and oxygen atoms in total. The van der Waals surface area contributed by atoms with Crippen molar-refractivity contribution in [3.8, 4) is 0 Å². The Labute approximate surface area is 112 Å². The lowest BCUT2D eigenvalue weighted by Gasteiger charge is -2.41. The number of carbonyl (C=O) groups excluding carboxylic acids is 1. The first-order valence-electron chi connectivity index (χ1n) is 5.77. The Hall–Kier alpha value is -1.14. The lowest BCUT2D eigenvalue weighted by molar-refractivity contribution is -0.123. The van der Waals surface area contributed by atoms with Crippen molar-refractivity contribution in [3.63, 3.8) is 0 Å². The summed E-state index contributed by atoms with van der Waals surface area (Å²) in [6.45, 7) is 1.07. The fourth-order valence-corrected chi connectivity index (χ4v) is 2.73. The molecule has 1 aromatic rings. The van der Waals surface area contributed by atoms with Crippen molar-refractivity contribution in [2.45, 2.75) is 18.4 Å². The summed E-state index contributed by atoms with van der Waals surface area (Å²) in [6.07, 6.45) is 1.19. The van der Waals surface area contributed by atoms with Crippen molar-refractivity contribution in [1.29, 1.82) is 0 Å². The minimum Gasteiger partial charge on any atom is -0.381 e. The van der Waals surface area contributed by atoms with Gasteiger partial charge in [0.2, 0.25) is 5.91 Å². The van der Waals surface area contributed by atoms with Gasteiger partial charge in [-0.1, -0.05) is 0 Å². The van der Waals surface area contributed by atoms with Crippen molar-refractivity contribution in [2.75, 3.05) is 23.8 Å². The van der Waals surface area contributed by atoms with Gasteiger partial charge in [0.15, 0.2) is 0 Å². The maximum absolute atomic E-state index is 13.5. The molecule has 18 heavy (non-hydrogen) atoms. The Balaban J connectivity index is 2.00. The van der Waals surface area contributed by atoms with Crippen LogP contribution in [0.2, 0.25) is 0 Å². The molecule has 0 aromatic heterocycles. The number of nitrogens with one attached hydrogen (secondary N) is 2. The molecule has 1 aromatic carbocycles. The predicted molar refractivity (Wildman–Crippen MR) is 69.1 cm³/mol. The van der Waals surface area contributed by atoms with E-state index >= 15 is 0 Å². The molecular formula is C12H12BrFN2O2. The minimum absolute atomic E-state index is 0.0724. The van der Waals surface area contributed by atoms with E-state index < -0.39 is 5.54 Å². The molecule has 1 fully saturated rings. The van der Waals surface area contributed by atoms with E-state index in [4.69, 9.17) is 4.74 Å². The summed E-state index contributed by atoms with van der Waals surface area (Å²) in [4.78, 5) is 12.2. The molecule has 2 N–H and O–H groups in total. The van der Waals surface area contributed by atoms with E-state index in [2.05, 4.69) is 26.6 Å². The van der Waals surface area contributed by atoms with Crippen LogP contribution in [0.15, 0.2) is 16.6 Å². The van der Waals surface area contributed by atoms with Crippen LogP contribution in [0, 0.1) is 5.82 Å². The molecule has 0 unspecified atom stereocenters. The van der Waals surface area contributed by atoms with Gasteiger partial charge in [-0.25, -0.2) is 4.39 Å². The molecule has 0 bridgehead atoms. The number of carbonyl (C=O) groups is 1. The minimum atomic E-state index is -0.661. The van der Waals surface area contributed by atoms with Gasteiger partial charge in [-0.3, -0.25) is 4.79 Å².